The van der Waals surface area contributed by atoms with E-state index in [1.54, 1.807) is 0 Å². The first-order valence-corrected chi connectivity index (χ1v) is 8.01. The van der Waals surface area contributed by atoms with Crippen molar-refractivity contribution in [3.05, 3.63) is 0 Å². The molecule has 1 atom stereocenters. The zero-order valence-corrected chi connectivity index (χ0v) is 11.8. The molecule has 4 aliphatic carbocycles. The summed E-state index contributed by atoms with van der Waals surface area (Å²) in [5.41, 5.74) is 6.14. The molecule has 104 valence electrons. The lowest BCUT2D eigenvalue weighted by Crippen LogP contribution is -2.51. The van der Waals surface area contributed by atoms with Crippen LogP contribution in [0.3, 0.4) is 0 Å². The zero-order chi connectivity index (χ0) is 13.1. The van der Waals surface area contributed by atoms with Crippen LogP contribution in [-0.4, -0.2) is 30.1 Å². The van der Waals surface area contributed by atoms with Crippen molar-refractivity contribution < 1.29 is 0 Å². The van der Waals surface area contributed by atoms with Crippen LogP contribution < -0.4 is 5.73 Å². The number of rotatable bonds is 2. The molecule has 4 bridgehead atoms. The van der Waals surface area contributed by atoms with Gasteiger partial charge in [-0.1, -0.05) is 0 Å². The molecular weight excluding hydrogens is 234 g/mol. The van der Waals surface area contributed by atoms with Gasteiger partial charge in [0.05, 0.1) is 6.07 Å². The van der Waals surface area contributed by atoms with Crippen molar-refractivity contribution in [1.29, 1.82) is 5.26 Å². The first-order valence-electron chi connectivity index (χ1n) is 8.01. The molecule has 3 heteroatoms. The number of nitriles is 1. The predicted octanol–water partition coefficient (Wildman–Crippen LogP) is 2.13. The average molecular weight is 259 g/mol. The highest BCUT2D eigenvalue weighted by molar-refractivity contribution is 5.12. The van der Waals surface area contributed by atoms with E-state index in [0.29, 0.717) is 5.41 Å². The first kappa shape index (κ1) is 12.2. The van der Waals surface area contributed by atoms with Gasteiger partial charge in [-0.3, -0.25) is 4.90 Å². The monoisotopic (exact) mass is 259 g/mol. The van der Waals surface area contributed by atoms with Gasteiger partial charge in [0.2, 0.25) is 0 Å². The summed E-state index contributed by atoms with van der Waals surface area (Å²) >= 11 is 0. The molecule has 0 aromatic carbocycles. The van der Waals surface area contributed by atoms with Crippen LogP contribution >= 0.6 is 0 Å². The highest BCUT2D eigenvalue weighted by Crippen LogP contribution is 2.60. The maximum Gasteiger partial charge on any atom is 0.118 e. The Hall–Kier alpha value is -0.590. The fourth-order valence-electron chi connectivity index (χ4n) is 6.10. The van der Waals surface area contributed by atoms with Gasteiger partial charge in [-0.05, 0) is 68.1 Å². The Kier molecular flexibility index (Phi) is 2.54. The SMILES string of the molecule is N#CC1(N)CCN(CC23CC4CC(CC(C4)C2)C3)C1. The van der Waals surface area contributed by atoms with E-state index in [2.05, 4.69) is 11.0 Å². The highest BCUT2D eigenvalue weighted by atomic mass is 15.2. The normalized spacial score (nSPS) is 52.5. The molecule has 0 aromatic rings. The van der Waals surface area contributed by atoms with E-state index in [-0.39, 0.29) is 0 Å². The Morgan fingerprint density at radius 1 is 1.11 bits per heavy atom. The molecule has 0 amide bonds. The van der Waals surface area contributed by atoms with Gasteiger partial charge < -0.3 is 5.73 Å². The molecule has 3 nitrogen and oxygen atoms in total. The topological polar surface area (TPSA) is 53.1 Å². The van der Waals surface area contributed by atoms with Crippen molar-refractivity contribution in [3.8, 4) is 6.07 Å². The molecule has 4 saturated carbocycles. The van der Waals surface area contributed by atoms with Crippen molar-refractivity contribution in [2.75, 3.05) is 19.6 Å². The largest absolute Gasteiger partial charge is 0.312 e. The Morgan fingerprint density at radius 2 is 1.68 bits per heavy atom. The summed E-state index contributed by atoms with van der Waals surface area (Å²) in [7, 11) is 0. The van der Waals surface area contributed by atoms with Crippen LogP contribution in [0.15, 0.2) is 0 Å². The zero-order valence-electron chi connectivity index (χ0n) is 11.8. The molecule has 1 unspecified atom stereocenters. The predicted molar refractivity (Wildman–Crippen MR) is 74.2 cm³/mol. The van der Waals surface area contributed by atoms with E-state index in [1.165, 1.54) is 45.1 Å². The van der Waals surface area contributed by atoms with E-state index in [9.17, 15) is 5.26 Å². The van der Waals surface area contributed by atoms with Gasteiger partial charge in [-0.25, -0.2) is 0 Å². The van der Waals surface area contributed by atoms with Gasteiger partial charge in [-0.15, -0.1) is 0 Å². The number of nitrogens with zero attached hydrogens (tertiary/aromatic N) is 2. The molecule has 1 heterocycles. The third-order valence-electron chi connectivity index (χ3n) is 6.33. The van der Waals surface area contributed by atoms with E-state index in [4.69, 9.17) is 5.73 Å². The highest BCUT2D eigenvalue weighted by Gasteiger charge is 2.52. The fourth-order valence-corrected chi connectivity index (χ4v) is 6.10. The van der Waals surface area contributed by atoms with E-state index < -0.39 is 5.54 Å². The minimum absolute atomic E-state index is 0.567. The second-order valence-corrected chi connectivity index (χ2v) is 8.15. The Morgan fingerprint density at radius 3 is 2.16 bits per heavy atom. The Labute approximate surface area is 116 Å². The summed E-state index contributed by atoms with van der Waals surface area (Å²) < 4.78 is 0. The van der Waals surface area contributed by atoms with Gasteiger partial charge >= 0.3 is 0 Å². The van der Waals surface area contributed by atoms with Gasteiger partial charge in [0.15, 0.2) is 0 Å². The molecule has 1 saturated heterocycles. The van der Waals surface area contributed by atoms with Crippen molar-refractivity contribution in [2.24, 2.45) is 28.9 Å². The summed E-state index contributed by atoms with van der Waals surface area (Å²) in [5.74, 6) is 3.06. The van der Waals surface area contributed by atoms with Crippen molar-refractivity contribution >= 4 is 0 Å². The second kappa shape index (κ2) is 3.96. The van der Waals surface area contributed by atoms with Crippen LogP contribution in [0.2, 0.25) is 0 Å². The van der Waals surface area contributed by atoms with Crippen LogP contribution in [0.1, 0.15) is 44.9 Å². The van der Waals surface area contributed by atoms with Crippen molar-refractivity contribution in [1.82, 2.24) is 4.90 Å². The van der Waals surface area contributed by atoms with Crippen LogP contribution in [-0.2, 0) is 0 Å². The third kappa shape index (κ3) is 2.00. The van der Waals surface area contributed by atoms with Crippen molar-refractivity contribution in [2.45, 2.75) is 50.5 Å². The minimum atomic E-state index is -0.567. The number of nitrogens with two attached hydrogens (primary N) is 1. The van der Waals surface area contributed by atoms with E-state index in [1.807, 2.05) is 0 Å². The van der Waals surface area contributed by atoms with Crippen LogP contribution in [0.5, 0.6) is 0 Å². The summed E-state index contributed by atoms with van der Waals surface area (Å²) in [4.78, 5) is 2.50. The average Bonchev–Trinajstić information content (AvgIpc) is 2.69. The van der Waals surface area contributed by atoms with E-state index >= 15 is 0 Å². The third-order valence-corrected chi connectivity index (χ3v) is 6.33. The van der Waals surface area contributed by atoms with Crippen LogP contribution in [0.4, 0.5) is 0 Å². The van der Waals surface area contributed by atoms with Crippen LogP contribution in [0.25, 0.3) is 0 Å². The molecule has 19 heavy (non-hydrogen) atoms. The molecule has 5 aliphatic rings. The summed E-state index contributed by atoms with van der Waals surface area (Å²) in [6.45, 7) is 3.05. The Bertz CT molecular complexity index is 389. The molecular formula is C16H25N3. The van der Waals surface area contributed by atoms with E-state index in [0.717, 1.165) is 37.3 Å². The number of hydrogen-bond acceptors (Lipinski definition) is 3. The second-order valence-electron chi connectivity index (χ2n) is 8.15. The fraction of sp³-hybridized carbons (Fsp3) is 0.938. The molecule has 0 spiro atoms. The standard InChI is InChI=1S/C16H25N3/c17-9-16(18)1-2-19(11-16)10-15-6-12-3-13(7-15)5-14(4-12)8-15/h12-14H,1-8,10-11,18H2. The molecule has 0 aromatic heterocycles. The summed E-state index contributed by atoms with van der Waals surface area (Å²) in [5, 5.41) is 9.17. The maximum atomic E-state index is 9.17. The quantitative estimate of drug-likeness (QED) is 0.826. The molecule has 0 radical (unpaired) electrons. The van der Waals surface area contributed by atoms with Gasteiger partial charge in [0.1, 0.15) is 5.54 Å². The lowest BCUT2D eigenvalue weighted by atomic mass is 9.49. The van der Waals surface area contributed by atoms with Crippen molar-refractivity contribution in [3.63, 3.8) is 0 Å². The van der Waals surface area contributed by atoms with Gasteiger partial charge in [-0.2, -0.15) is 5.26 Å². The Balaban J connectivity index is 1.47. The number of hydrogen-bond donors (Lipinski definition) is 1. The lowest BCUT2D eigenvalue weighted by molar-refractivity contribution is -0.0667. The van der Waals surface area contributed by atoms with Gasteiger partial charge in [0.25, 0.3) is 0 Å². The number of likely N-dealkylation sites (tertiary alicyclic amines) is 1. The van der Waals surface area contributed by atoms with Gasteiger partial charge in [0, 0.05) is 19.6 Å². The first-order chi connectivity index (χ1) is 9.08. The molecule has 5 fully saturated rings. The summed E-state index contributed by atoms with van der Waals surface area (Å²) in [6, 6.07) is 2.31. The minimum Gasteiger partial charge on any atom is -0.312 e. The molecule has 1 aliphatic heterocycles. The lowest BCUT2D eigenvalue weighted by Gasteiger charge is -2.57. The summed E-state index contributed by atoms with van der Waals surface area (Å²) in [6.07, 6.45) is 9.77. The smallest absolute Gasteiger partial charge is 0.118 e. The van der Waals surface area contributed by atoms with Crippen LogP contribution in [0, 0.1) is 34.5 Å². The molecule has 2 N–H and O–H groups in total. The molecule has 5 rings (SSSR count). The maximum absolute atomic E-state index is 9.17.